The molecular formula is C20H29IN4O3. The maximum absolute atomic E-state index is 11.8. The van der Waals surface area contributed by atoms with E-state index in [0.29, 0.717) is 30.6 Å². The SMILES string of the molecule is CCNC(=NCc1coc(-c2ccc(C)cc2)n1)NCC(=O)OC(C)(C)C.I. The van der Waals surface area contributed by atoms with Crippen molar-refractivity contribution in [2.45, 2.75) is 46.8 Å². The first kappa shape index (κ1) is 23.9. The number of nitrogens with zero attached hydrogens (tertiary/aromatic N) is 2. The van der Waals surface area contributed by atoms with Crippen molar-refractivity contribution in [3.05, 3.63) is 41.8 Å². The van der Waals surface area contributed by atoms with E-state index in [0.717, 1.165) is 5.56 Å². The van der Waals surface area contributed by atoms with Crippen LogP contribution in [-0.4, -0.2) is 35.6 Å². The first-order valence-corrected chi connectivity index (χ1v) is 9.02. The number of oxazole rings is 1. The van der Waals surface area contributed by atoms with E-state index in [1.165, 1.54) is 5.56 Å². The van der Waals surface area contributed by atoms with Gasteiger partial charge in [-0.2, -0.15) is 0 Å². The summed E-state index contributed by atoms with van der Waals surface area (Å²) in [6.45, 7) is 10.5. The third-order valence-electron chi connectivity index (χ3n) is 3.41. The minimum Gasteiger partial charge on any atom is -0.459 e. The molecule has 0 aliphatic carbocycles. The molecule has 8 heteroatoms. The standard InChI is InChI=1S/C20H28N4O3.HI/c1-6-21-19(23-12-17(25)27-20(3,4)5)22-11-16-13-26-18(24-16)15-9-7-14(2)8-10-15;/h7-10,13H,6,11-12H2,1-5H3,(H2,21,22,23);1H. The number of aromatic nitrogens is 1. The van der Waals surface area contributed by atoms with Crippen molar-refractivity contribution >= 4 is 35.9 Å². The van der Waals surface area contributed by atoms with E-state index >= 15 is 0 Å². The number of hydrogen-bond acceptors (Lipinski definition) is 5. The molecule has 0 amide bonds. The molecule has 0 unspecified atom stereocenters. The Hall–Kier alpha value is -2.10. The second-order valence-corrected chi connectivity index (χ2v) is 7.15. The average Bonchev–Trinajstić information content (AvgIpc) is 3.05. The zero-order valence-electron chi connectivity index (χ0n) is 17.0. The maximum atomic E-state index is 11.8. The molecule has 1 aromatic carbocycles. The molecule has 1 heterocycles. The Kier molecular flexibility index (Phi) is 9.44. The van der Waals surface area contributed by atoms with Crippen molar-refractivity contribution in [1.29, 1.82) is 0 Å². The molecule has 0 aliphatic rings. The van der Waals surface area contributed by atoms with E-state index in [2.05, 4.69) is 20.6 Å². The van der Waals surface area contributed by atoms with Gasteiger partial charge >= 0.3 is 5.97 Å². The van der Waals surface area contributed by atoms with Crippen LogP contribution >= 0.6 is 24.0 Å². The third kappa shape index (κ3) is 8.28. The number of rotatable bonds is 6. The first-order valence-electron chi connectivity index (χ1n) is 9.02. The minimum atomic E-state index is -0.513. The van der Waals surface area contributed by atoms with Crippen LogP contribution in [0.5, 0.6) is 0 Å². The molecule has 0 aliphatic heterocycles. The fourth-order valence-electron chi connectivity index (χ4n) is 2.24. The molecule has 0 atom stereocenters. The van der Waals surface area contributed by atoms with Gasteiger partial charge in [0.15, 0.2) is 5.96 Å². The monoisotopic (exact) mass is 500 g/mol. The van der Waals surface area contributed by atoms with Crippen LogP contribution in [0.2, 0.25) is 0 Å². The van der Waals surface area contributed by atoms with E-state index in [1.54, 1.807) is 6.26 Å². The third-order valence-corrected chi connectivity index (χ3v) is 3.41. The Morgan fingerprint density at radius 2 is 1.89 bits per heavy atom. The van der Waals surface area contributed by atoms with E-state index in [-0.39, 0.29) is 36.5 Å². The van der Waals surface area contributed by atoms with Crippen molar-refractivity contribution in [3.8, 4) is 11.5 Å². The van der Waals surface area contributed by atoms with Crippen LogP contribution in [0.1, 0.15) is 39.0 Å². The highest BCUT2D eigenvalue weighted by atomic mass is 127. The predicted molar refractivity (Wildman–Crippen MR) is 121 cm³/mol. The number of aryl methyl sites for hydroxylation is 1. The Bertz CT molecular complexity index is 779. The number of hydrogen-bond donors (Lipinski definition) is 2. The number of halogens is 1. The summed E-state index contributed by atoms with van der Waals surface area (Å²) in [6.07, 6.45) is 1.59. The van der Waals surface area contributed by atoms with Crippen molar-refractivity contribution in [1.82, 2.24) is 15.6 Å². The molecule has 154 valence electrons. The van der Waals surface area contributed by atoms with Gasteiger partial charge in [0.25, 0.3) is 0 Å². The summed E-state index contributed by atoms with van der Waals surface area (Å²) in [4.78, 5) is 20.7. The predicted octanol–water partition coefficient (Wildman–Crippen LogP) is 3.66. The highest BCUT2D eigenvalue weighted by Crippen LogP contribution is 2.19. The zero-order chi connectivity index (χ0) is 19.9. The number of nitrogens with one attached hydrogen (secondary N) is 2. The van der Waals surface area contributed by atoms with E-state index < -0.39 is 5.60 Å². The van der Waals surface area contributed by atoms with Crippen LogP contribution in [-0.2, 0) is 16.1 Å². The lowest BCUT2D eigenvalue weighted by atomic mass is 10.1. The average molecular weight is 500 g/mol. The second kappa shape index (κ2) is 11.0. The molecule has 2 N–H and O–H groups in total. The molecule has 0 radical (unpaired) electrons. The van der Waals surface area contributed by atoms with Crippen LogP contribution in [0.3, 0.4) is 0 Å². The topological polar surface area (TPSA) is 88.8 Å². The highest BCUT2D eigenvalue weighted by molar-refractivity contribution is 14.0. The Morgan fingerprint density at radius 1 is 1.21 bits per heavy atom. The number of carbonyl (C=O) groups is 1. The van der Waals surface area contributed by atoms with Crippen LogP contribution in [0.25, 0.3) is 11.5 Å². The summed E-state index contributed by atoms with van der Waals surface area (Å²) < 4.78 is 10.8. The van der Waals surface area contributed by atoms with Crippen molar-refractivity contribution in [2.24, 2.45) is 4.99 Å². The summed E-state index contributed by atoms with van der Waals surface area (Å²) >= 11 is 0. The summed E-state index contributed by atoms with van der Waals surface area (Å²) in [5.41, 5.74) is 2.30. The van der Waals surface area contributed by atoms with Crippen LogP contribution in [0.15, 0.2) is 39.9 Å². The smallest absolute Gasteiger partial charge is 0.325 e. The summed E-state index contributed by atoms with van der Waals surface area (Å²) in [5, 5.41) is 6.05. The highest BCUT2D eigenvalue weighted by Gasteiger charge is 2.16. The summed E-state index contributed by atoms with van der Waals surface area (Å²) in [5.74, 6) is 0.742. The van der Waals surface area contributed by atoms with Crippen LogP contribution < -0.4 is 10.6 Å². The Labute approximate surface area is 183 Å². The van der Waals surface area contributed by atoms with E-state index in [9.17, 15) is 4.79 Å². The molecule has 0 saturated heterocycles. The van der Waals surface area contributed by atoms with Gasteiger partial charge in [-0.05, 0) is 46.8 Å². The molecule has 1 aromatic heterocycles. The normalized spacial score (nSPS) is 11.5. The molecule has 0 spiro atoms. The Morgan fingerprint density at radius 3 is 2.50 bits per heavy atom. The molecule has 7 nitrogen and oxygen atoms in total. The molecule has 28 heavy (non-hydrogen) atoms. The fraction of sp³-hybridized carbons (Fsp3) is 0.450. The van der Waals surface area contributed by atoms with Crippen molar-refractivity contribution in [3.63, 3.8) is 0 Å². The van der Waals surface area contributed by atoms with Crippen LogP contribution in [0, 0.1) is 6.92 Å². The van der Waals surface area contributed by atoms with Gasteiger partial charge in [-0.15, -0.1) is 24.0 Å². The van der Waals surface area contributed by atoms with Gasteiger partial charge in [-0.3, -0.25) is 4.79 Å². The van der Waals surface area contributed by atoms with Gasteiger partial charge in [-0.25, -0.2) is 9.98 Å². The number of benzene rings is 1. The van der Waals surface area contributed by atoms with Gasteiger partial charge in [0, 0.05) is 12.1 Å². The number of esters is 1. The Balaban J connectivity index is 0.00000392. The van der Waals surface area contributed by atoms with Gasteiger partial charge in [-0.1, -0.05) is 17.7 Å². The van der Waals surface area contributed by atoms with Gasteiger partial charge in [0.05, 0.1) is 6.54 Å². The fourth-order valence-corrected chi connectivity index (χ4v) is 2.24. The molecular weight excluding hydrogens is 471 g/mol. The maximum Gasteiger partial charge on any atom is 0.325 e. The molecule has 0 bridgehead atoms. The van der Waals surface area contributed by atoms with Gasteiger partial charge < -0.3 is 19.8 Å². The van der Waals surface area contributed by atoms with E-state index in [1.807, 2.05) is 58.9 Å². The number of ether oxygens (including phenoxy) is 1. The summed E-state index contributed by atoms with van der Waals surface area (Å²) in [7, 11) is 0. The zero-order valence-corrected chi connectivity index (χ0v) is 19.4. The van der Waals surface area contributed by atoms with Gasteiger partial charge in [0.2, 0.25) is 5.89 Å². The summed E-state index contributed by atoms with van der Waals surface area (Å²) in [6, 6.07) is 7.98. The first-order chi connectivity index (χ1) is 12.8. The second-order valence-electron chi connectivity index (χ2n) is 7.15. The lowest BCUT2D eigenvalue weighted by molar-refractivity contribution is -0.153. The number of aliphatic imine (C=N–C) groups is 1. The lowest BCUT2D eigenvalue weighted by Gasteiger charge is -2.20. The van der Waals surface area contributed by atoms with Crippen molar-refractivity contribution in [2.75, 3.05) is 13.1 Å². The number of carbonyl (C=O) groups excluding carboxylic acids is 1. The molecule has 2 rings (SSSR count). The van der Waals surface area contributed by atoms with E-state index in [4.69, 9.17) is 9.15 Å². The number of guanidine groups is 1. The molecule has 2 aromatic rings. The van der Waals surface area contributed by atoms with Crippen LogP contribution in [0.4, 0.5) is 0 Å². The minimum absolute atomic E-state index is 0. The van der Waals surface area contributed by atoms with Crippen molar-refractivity contribution < 1.29 is 13.9 Å². The molecule has 0 fully saturated rings. The molecule has 0 saturated carbocycles. The lowest BCUT2D eigenvalue weighted by Crippen LogP contribution is -2.41. The quantitative estimate of drug-likeness (QED) is 0.273. The van der Waals surface area contributed by atoms with Gasteiger partial charge in [0.1, 0.15) is 24.1 Å². The largest absolute Gasteiger partial charge is 0.459 e.